The van der Waals surface area contributed by atoms with E-state index in [-0.39, 0.29) is 0 Å². The van der Waals surface area contributed by atoms with Crippen LogP contribution in [-0.2, 0) is 0 Å². The van der Waals surface area contributed by atoms with Gasteiger partial charge < -0.3 is 9.47 Å². The topological polar surface area (TPSA) is 62.1 Å². The highest BCUT2D eigenvalue weighted by molar-refractivity contribution is 5.86. The molecule has 0 unspecified atom stereocenters. The quantitative estimate of drug-likeness (QED) is 0.120. The molecule has 0 saturated carbocycles. The minimum absolute atomic E-state index is 0.631. The zero-order valence-corrected chi connectivity index (χ0v) is 27.7. The van der Waals surface area contributed by atoms with Crippen LogP contribution in [0.25, 0.3) is 51.8 Å². The van der Waals surface area contributed by atoms with Gasteiger partial charge in [0.05, 0.1) is 41.3 Å². The Labute approximate surface area is 277 Å². The van der Waals surface area contributed by atoms with E-state index in [0.29, 0.717) is 25.0 Å². The third-order valence-electron chi connectivity index (χ3n) is 8.02. The van der Waals surface area contributed by atoms with Gasteiger partial charge in [-0.2, -0.15) is 5.10 Å². The first kappa shape index (κ1) is 31.7. The van der Waals surface area contributed by atoms with Gasteiger partial charge in [0.2, 0.25) is 11.8 Å². The Morgan fingerprint density at radius 1 is 0.617 bits per heavy atom. The molecule has 3 aromatic carbocycles. The van der Waals surface area contributed by atoms with Crippen molar-refractivity contribution in [1.82, 2.24) is 19.7 Å². The molecule has 47 heavy (non-hydrogen) atoms. The van der Waals surface area contributed by atoms with Gasteiger partial charge in [-0.3, -0.25) is 0 Å². The molecular formula is C41H42N4O2. The van der Waals surface area contributed by atoms with E-state index in [4.69, 9.17) is 24.5 Å². The number of fused-ring (bicyclic) bond motifs is 2. The second-order valence-electron chi connectivity index (χ2n) is 12.0. The van der Waals surface area contributed by atoms with Crippen LogP contribution in [0.2, 0.25) is 0 Å². The first-order valence-electron chi connectivity index (χ1n) is 16.6. The van der Waals surface area contributed by atoms with Crippen LogP contribution in [0.3, 0.4) is 0 Å². The summed E-state index contributed by atoms with van der Waals surface area (Å²) < 4.78 is 14.3. The zero-order chi connectivity index (χ0) is 32.6. The lowest BCUT2D eigenvalue weighted by atomic mass is 10.1. The number of pyridine rings is 2. The summed E-state index contributed by atoms with van der Waals surface area (Å²) in [7, 11) is 0. The molecule has 0 amide bonds. The summed E-state index contributed by atoms with van der Waals surface area (Å²) in [4.78, 5) is 9.75. The predicted molar refractivity (Wildman–Crippen MR) is 195 cm³/mol. The summed E-state index contributed by atoms with van der Waals surface area (Å²) in [6, 6.07) is 29.2. The highest BCUT2D eigenvalue weighted by Crippen LogP contribution is 2.28. The number of para-hydroxylation sites is 1. The van der Waals surface area contributed by atoms with Crippen molar-refractivity contribution in [2.24, 2.45) is 0 Å². The Morgan fingerprint density at radius 3 is 1.72 bits per heavy atom. The Balaban J connectivity index is 1.38. The van der Waals surface area contributed by atoms with E-state index in [9.17, 15) is 0 Å². The maximum atomic E-state index is 6.18. The molecule has 0 aliphatic carbocycles. The molecule has 0 N–H and O–H groups in total. The maximum Gasteiger partial charge on any atom is 0.221 e. The van der Waals surface area contributed by atoms with E-state index in [0.717, 1.165) is 75.7 Å². The normalized spacial score (nSPS) is 11.7. The summed E-state index contributed by atoms with van der Waals surface area (Å²) >= 11 is 0. The molecule has 0 spiro atoms. The molecular weight excluding hydrogens is 580 g/mol. The van der Waals surface area contributed by atoms with Crippen LogP contribution in [0.5, 0.6) is 11.8 Å². The number of ether oxygens (including phenoxy) is 2. The summed E-state index contributed by atoms with van der Waals surface area (Å²) in [5, 5.41) is 7.18. The highest BCUT2D eigenvalue weighted by Gasteiger charge is 2.11. The van der Waals surface area contributed by atoms with Crippen molar-refractivity contribution in [3.8, 4) is 17.4 Å². The van der Waals surface area contributed by atoms with Gasteiger partial charge in [-0.15, -0.1) is 0 Å². The molecule has 0 fully saturated rings. The Morgan fingerprint density at radius 2 is 1.17 bits per heavy atom. The maximum absolute atomic E-state index is 6.18. The highest BCUT2D eigenvalue weighted by atomic mass is 16.5. The van der Waals surface area contributed by atoms with Crippen LogP contribution in [0.1, 0.15) is 73.2 Å². The first-order chi connectivity index (χ1) is 23.0. The second kappa shape index (κ2) is 14.9. The number of hydrogen-bond acceptors (Lipinski definition) is 5. The van der Waals surface area contributed by atoms with Gasteiger partial charge in [0, 0.05) is 21.9 Å². The molecule has 6 aromatic rings. The van der Waals surface area contributed by atoms with Gasteiger partial charge >= 0.3 is 0 Å². The van der Waals surface area contributed by atoms with E-state index >= 15 is 0 Å². The lowest BCUT2D eigenvalue weighted by Crippen LogP contribution is -2.01. The van der Waals surface area contributed by atoms with Gasteiger partial charge in [0.25, 0.3) is 0 Å². The molecule has 6 rings (SSSR count). The third kappa shape index (κ3) is 7.78. The number of benzene rings is 3. The molecule has 6 heteroatoms. The fourth-order valence-corrected chi connectivity index (χ4v) is 5.43. The molecule has 0 aliphatic rings. The number of hydrogen-bond donors (Lipinski definition) is 0. The molecule has 6 nitrogen and oxygen atoms in total. The third-order valence-corrected chi connectivity index (χ3v) is 8.02. The van der Waals surface area contributed by atoms with Crippen LogP contribution in [0.4, 0.5) is 0 Å². The SMILES string of the molecule is CCCCOc1nc2ccc(C)cc2cc1/C=C/c1cc(/C=C/c2cc3cc(C)ccc3nc2OCCCC)n(-c2ccccc2)n1. The summed E-state index contributed by atoms with van der Waals surface area (Å²) in [6.45, 7) is 9.78. The fraction of sp³-hybridized carbons (Fsp3) is 0.244. The van der Waals surface area contributed by atoms with E-state index < -0.39 is 0 Å². The van der Waals surface area contributed by atoms with Crippen molar-refractivity contribution in [2.75, 3.05) is 13.2 Å². The molecule has 0 bridgehead atoms. The van der Waals surface area contributed by atoms with E-state index in [1.54, 1.807) is 0 Å². The van der Waals surface area contributed by atoms with Crippen LogP contribution in [-0.4, -0.2) is 33.0 Å². The van der Waals surface area contributed by atoms with Gasteiger partial charge in [-0.05, 0) is 106 Å². The minimum atomic E-state index is 0.631. The summed E-state index contributed by atoms with van der Waals surface area (Å²) in [5.41, 5.74) is 8.85. The fourth-order valence-electron chi connectivity index (χ4n) is 5.43. The van der Waals surface area contributed by atoms with Crippen molar-refractivity contribution in [2.45, 2.75) is 53.4 Å². The summed E-state index contributed by atoms with van der Waals surface area (Å²) in [6.07, 6.45) is 12.3. The van der Waals surface area contributed by atoms with Crippen molar-refractivity contribution in [3.05, 3.63) is 119 Å². The minimum Gasteiger partial charge on any atom is -0.477 e. The number of aryl methyl sites for hydroxylation is 2. The Bertz CT molecular complexity index is 2040. The van der Waals surface area contributed by atoms with Crippen LogP contribution in [0, 0.1) is 13.8 Å². The first-order valence-corrected chi connectivity index (χ1v) is 16.6. The molecule has 0 saturated heterocycles. The average molecular weight is 623 g/mol. The molecule has 0 radical (unpaired) electrons. The Kier molecular flexibility index (Phi) is 10.1. The molecule has 3 aromatic heterocycles. The molecule has 0 aliphatic heterocycles. The molecule has 3 heterocycles. The van der Waals surface area contributed by atoms with Gasteiger partial charge in [0.1, 0.15) is 0 Å². The van der Waals surface area contributed by atoms with Crippen LogP contribution in [0.15, 0.2) is 84.9 Å². The van der Waals surface area contributed by atoms with Gasteiger partial charge in [-0.25, -0.2) is 14.6 Å². The van der Waals surface area contributed by atoms with Gasteiger partial charge in [-0.1, -0.05) is 68.1 Å². The van der Waals surface area contributed by atoms with Crippen molar-refractivity contribution >= 4 is 46.1 Å². The predicted octanol–water partition coefficient (Wildman–Crippen LogP) is 10.3. The van der Waals surface area contributed by atoms with Gasteiger partial charge in [0.15, 0.2) is 0 Å². The van der Waals surface area contributed by atoms with Crippen molar-refractivity contribution in [1.29, 1.82) is 0 Å². The number of nitrogens with zero attached hydrogens (tertiary/aromatic N) is 4. The largest absolute Gasteiger partial charge is 0.477 e. The van der Waals surface area contributed by atoms with E-state index in [1.165, 1.54) is 11.1 Å². The van der Waals surface area contributed by atoms with Crippen LogP contribution >= 0.6 is 0 Å². The number of rotatable bonds is 13. The standard InChI is InChI=1S/C41H42N4O2/c1-5-7-22-46-40-31(26-33-24-29(3)14-20-38(33)42-40)16-18-35-28-37(45(44-35)36-12-10-9-11-13-36)19-17-32-27-34-25-30(4)15-21-39(34)43-41(32)47-23-8-6-2/h9-21,24-28H,5-8,22-23H2,1-4H3/b18-16+,19-17+. The smallest absolute Gasteiger partial charge is 0.221 e. The van der Waals surface area contributed by atoms with E-state index in [2.05, 4.69) is 113 Å². The lowest BCUT2D eigenvalue weighted by molar-refractivity contribution is 0.298. The zero-order valence-electron chi connectivity index (χ0n) is 27.7. The monoisotopic (exact) mass is 622 g/mol. The lowest BCUT2D eigenvalue weighted by Gasteiger charge is -2.10. The molecule has 238 valence electrons. The van der Waals surface area contributed by atoms with E-state index in [1.807, 2.05) is 29.0 Å². The average Bonchev–Trinajstić information content (AvgIpc) is 3.50. The number of unbranched alkanes of at least 4 members (excludes halogenated alkanes) is 2. The van der Waals surface area contributed by atoms with Crippen molar-refractivity contribution < 1.29 is 9.47 Å². The number of aromatic nitrogens is 4. The molecule has 0 atom stereocenters. The van der Waals surface area contributed by atoms with Crippen molar-refractivity contribution in [3.63, 3.8) is 0 Å². The Hall–Kier alpha value is -5.23. The van der Waals surface area contributed by atoms with Crippen LogP contribution < -0.4 is 9.47 Å². The summed E-state index contributed by atoms with van der Waals surface area (Å²) in [5.74, 6) is 1.29. The second-order valence-corrected chi connectivity index (χ2v) is 12.0.